The SMILES string of the molecule is CCc1nn(C)c(CC)c1CNC(=NC)NCC1Cc2ccccc2O1. The van der Waals surface area contributed by atoms with E-state index >= 15 is 0 Å². The summed E-state index contributed by atoms with van der Waals surface area (Å²) in [6, 6.07) is 8.23. The number of hydrogen-bond acceptors (Lipinski definition) is 3. The Morgan fingerprint density at radius 3 is 2.77 bits per heavy atom. The van der Waals surface area contributed by atoms with Gasteiger partial charge in [-0.05, 0) is 24.5 Å². The number of rotatable bonds is 6. The molecule has 1 aromatic heterocycles. The number of ether oxygens (including phenoxy) is 1. The van der Waals surface area contributed by atoms with Crippen molar-refractivity contribution >= 4 is 5.96 Å². The number of aromatic nitrogens is 2. The number of hydrogen-bond donors (Lipinski definition) is 2. The molecule has 1 aliphatic rings. The van der Waals surface area contributed by atoms with E-state index in [1.54, 1.807) is 7.05 Å². The third-order valence-electron chi connectivity index (χ3n) is 4.90. The maximum atomic E-state index is 5.98. The molecule has 1 aromatic carbocycles. The van der Waals surface area contributed by atoms with Crippen LogP contribution in [-0.2, 0) is 32.9 Å². The van der Waals surface area contributed by atoms with E-state index in [0.717, 1.165) is 49.8 Å². The van der Waals surface area contributed by atoms with Crippen molar-refractivity contribution in [2.24, 2.45) is 12.0 Å². The van der Waals surface area contributed by atoms with Gasteiger partial charge >= 0.3 is 0 Å². The van der Waals surface area contributed by atoms with Crippen LogP contribution in [0.1, 0.15) is 36.4 Å². The first-order valence-electron chi connectivity index (χ1n) is 9.38. The summed E-state index contributed by atoms with van der Waals surface area (Å²) in [5, 5.41) is 11.4. The fraction of sp³-hybridized carbons (Fsp3) is 0.500. The quantitative estimate of drug-likeness (QED) is 0.616. The second kappa shape index (κ2) is 8.25. The average molecular weight is 355 g/mol. The molecule has 3 rings (SSSR count). The van der Waals surface area contributed by atoms with Crippen molar-refractivity contribution in [2.75, 3.05) is 13.6 Å². The number of nitrogens with one attached hydrogen (secondary N) is 2. The summed E-state index contributed by atoms with van der Waals surface area (Å²) in [4.78, 5) is 4.34. The molecule has 0 saturated heterocycles. The Morgan fingerprint density at radius 2 is 2.08 bits per heavy atom. The molecule has 0 amide bonds. The van der Waals surface area contributed by atoms with E-state index in [9.17, 15) is 0 Å². The molecule has 0 bridgehead atoms. The molecule has 1 atom stereocenters. The Kier molecular flexibility index (Phi) is 5.81. The molecule has 0 saturated carbocycles. The molecule has 6 heteroatoms. The zero-order valence-electron chi connectivity index (χ0n) is 16.2. The number of nitrogens with zero attached hydrogens (tertiary/aromatic N) is 3. The van der Waals surface area contributed by atoms with Crippen molar-refractivity contribution in [3.63, 3.8) is 0 Å². The minimum Gasteiger partial charge on any atom is -0.488 e. The first kappa shape index (κ1) is 18.3. The summed E-state index contributed by atoms with van der Waals surface area (Å²) in [6.45, 7) is 5.77. The van der Waals surface area contributed by atoms with E-state index in [4.69, 9.17) is 4.74 Å². The highest BCUT2D eigenvalue weighted by atomic mass is 16.5. The van der Waals surface area contributed by atoms with Gasteiger partial charge in [-0.3, -0.25) is 9.67 Å². The molecule has 1 aliphatic heterocycles. The van der Waals surface area contributed by atoms with Gasteiger partial charge in [-0.25, -0.2) is 0 Å². The van der Waals surface area contributed by atoms with Crippen molar-refractivity contribution in [1.29, 1.82) is 0 Å². The Balaban J connectivity index is 1.55. The minimum atomic E-state index is 0.141. The molecule has 6 nitrogen and oxygen atoms in total. The van der Waals surface area contributed by atoms with E-state index in [0.29, 0.717) is 0 Å². The summed E-state index contributed by atoms with van der Waals surface area (Å²) in [7, 11) is 3.81. The van der Waals surface area contributed by atoms with Gasteiger partial charge in [0.15, 0.2) is 5.96 Å². The van der Waals surface area contributed by atoms with E-state index in [1.807, 2.05) is 23.9 Å². The normalized spacial score (nSPS) is 16.3. The fourth-order valence-electron chi connectivity index (χ4n) is 3.57. The lowest BCUT2D eigenvalue weighted by Crippen LogP contribution is -2.42. The molecule has 1 unspecified atom stereocenters. The monoisotopic (exact) mass is 355 g/mol. The van der Waals surface area contributed by atoms with Crippen molar-refractivity contribution in [1.82, 2.24) is 20.4 Å². The zero-order chi connectivity index (χ0) is 18.5. The van der Waals surface area contributed by atoms with Crippen LogP contribution in [0.15, 0.2) is 29.3 Å². The summed E-state index contributed by atoms with van der Waals surface area (Å²) in [5.41, 5.74) is 4.99. The van der Waals surface area contributed by atoms with E-state index in [2.05, 4.69) is 46.7 Å². The lowest BCUT2D eigenvalue weighted by Gasteiger charge is -2.16. The number of para-hydroxylation sites is 1. The summed E-state index contributed by atoms with van der Waals surface area (Å²) in [5.74, 6) is 1.79. The molecule has 2 N–H and O–H groups in total. The summed E-state index contributed by atoms with van der Waals surface area (Å²) in [6.07, 6.45) is 2.98. The molecule has 2 aromatic rings. The van der Waals surface area contributed by atoms with Gasteiger partial charge in [0, 0.05) is 38.3 Å². The molecule has 140 valence electrons. The van der Waals surface area contributed by atoms with Crippen LogP contribution in [0.2, 0.25) is 0 Å². The third-order valence-corrected chi connectivity index (χ3v) is 4.90. The van der Waals surface area contributed by atoms with Gasteiger partial charge < -0.3 is 15.4 Å². The standard InChI is InChI=1S/C20H29N5O/c1-5-17-16(18(6-2)25(4)24-17)13-23-20(21-3)22-12-15-11-14-9-7-8-10-19(14)26-15/h7-10,15H,5-6,11-13H2,1-4H3,(H2,21,22,23). The molecule has 0 aliphatic carbocycles. The van der Waals surface area contributed by atoms with E-state index in [1.165, 1.54) is 16.8 Å². The second-order valence-electron chi connectivity index (χ2n) is 6.56. The first-order chi connectivity index (χ1) is 12.7. The van der Waals surface area contributed by atoms with E-state index in [-0.39, 0.29) is 6.10 Å². The maximum Gasteiger partial charge on any atom is 0.191 e. The fourth-order valence-corrected chi connectivity index (χ4v) is 3.57. The summed E-state index contributed by atoms with van der Waals surface area (Å²) >= 11 is 0. The van der Waals surface area contributed by atoms with Crippen LogP contribution in [-0.4, -0.2) is 35.4 Å². The molecular weight excluding hydrogens is 326 g/mol. The average Bonchev–Trinajstić information content (AvgIpc) is 3.21. The highest BCUT2D eigenvalue weighted by molar-refractivity contribution is 5.79. The largest absolute Gasteiger partial charge is 0.488 e. The Bertz CT molecular complexity index is 756. The number of aliphatic imine (C=N–C) groups is 1. The van der Waals surface area contributed by atoms with Crippen molar-refractivity contribution in [3.05, 3.63) is 46.8 Å². The molecule has 2 heterocycles. The number of benzene rings is 1. The summed E-state index contributed by atoms with van der Waals surface area (Å²) < 4.78 is 7.98. The molecule has 26 heavy (non-hydrogen) atoms. The predicted molar refractivity (Wildman–Crippen MR) is 105 cm³/mol. The van der Waals surface area contributed by atoms with Crippen molar-refractivity contribution < 1.29 is 4.74 Å². The Morgan fingerprint density at radius 1 is 1.27 bits per heavy atom. The van der Waals surface area contributed by atoms with Gasteiger partial charge in [-0.15, -0.1) is 0 Å². The first-order valence-corrected chi connectivity index (χ1v) is 9.38. The zero-order valence-corrected chi connectivity index (χ0v) is 16.2. The lowest BCUT2D eigenvalue weighted by molar-refractivity contribution is 0.235. The number of fused-ring (bicyclic) bond motifs is 1. The van der Waals surface area contributed by atoms with Gasteiger partial charge in [0.05, 0.1) is 12.2 Å². The van der Waals surface area contributed by atoms with Crippen LogP contribution >= 0.6 is 0 Å². The lowest BCUT2D eigenvalue weighted by atomic mass is 10.1. The van der Waals surface area contributed by atoms with Crippen molar-refractivity contribution in [3.8, 4) is 5.75 Å². The number of aryl methyl sites for hydroxylation is 2. The van der Waals surface area contributed by atoms with Crippen LogP contribution < -0.4 is 15.4 Å². The smallest absolute Gasteiger partial charge is 0.191 e. The van der Waals surface area contributed by atoms with E-state index < -0.39 is 0 Å². The molecule has 0 fully saturated rings. The van der Waals surface area contributed by atoms with Crippen LogP contribution in [0, 0.1) is 0 Å². The Labute approximate surface area is 155 Å². The third kappa shape index (κ3) is 3.84. The molecule has 0 radical (unpaired) electrons. The van der Waals surface area contributed by atoms with Gasteiger partial charge in [0.2, 0.25) is 0 Å². The maximum absolute atomic E-state index is 5.98. The van der Waals surface area contributed by atoms with Crippen LogP contribution in [0.25, 0.3) is 0 Å². The predicted octanol–water partition coefficient (Wildman–Crippen LogP) is 2.21. The number of guanidine groups is 1. The van der Waals surface area contributed by atoms with Gasteiger partial charge in [0.25, 0.3) is 0 Å². The van der Waals surface area contributed by atoms with Crippen LogP contribution in [0.5, 0.6) is 5.75 Å². The molecular formula is C20H29N5O. The van der Waals surface area contributed by atoms with Crippen molar-refractivity contribution in [2.45, 2.75) is 45.8 Å². The van der Waals surface area contributed by atoms with Crippen LogP contribution in [0.3, 0.4) is 0 Å². The second-order valence-corrected chi connectivity index (χ2v) is 6.56. The highest BCUT2D eigenvalue weighted by Gasteiger charge is 2.22. The molecule has 0 spiro atoms. The Hall–Kier alpha value is -2.50. The van der Waals surface area contributed by atoms with Gasteiger partial charge in [-0.1, -0.05) is 32.0 Å². The van der Waals surface area contributed by atoms with Crippen LogP contribution in [0.4, 0.5) is 0 Å². The minimum absolute atomic E-state index is 0.141. The topological polar surface area (TPSA) is 63.5 Å². The van der Waals surface area contributed by atoms with Gasteiger partial charge in [-0.2, -0.15) is 5.10 Å². The van der Waals surface area contributed by atoms with Gasteiger partial charge in [0.1, 0.15) is 11.9 Å². The highest BCUT2D eigenvalue weighted by Crippen LogP contribution is 2.27.